The number of hydrogen-bond acceptors (Lipinski definition) is 6. The van der Waals surface area contributed by atoms with Crippen LogP contribution < -0.4 is 16.0 Å². The van der Waals surface area contributed by atoms with Crippen LogP contribution in [0.1, 0.15) is 25.2 Å². The van der Waals surface area contributed by atoms with Gasteiger partial charge in [-0.15, -0.1) is 0 Å². The minimum absolute atomic E-state index is 0.253. The zero-order chi connectivity index (χ0) is 18.4. The average molecular weight is 346 g/mol. The Morgan fingerprint density at radius 3 is 2.60 bits per heavy atom. The summed E-state index contributed by atoms with van der Waals surface area (Å²) in [7, 11) is 0. The van der Waals surface area contributed by atoms with Gasteiger partial charge in [-0.1, -0.05) is 11.2 Å². The molecule has 1 aromatic heterocycles. The Morgan fingerprint density at radius 2 is 1.96 bits per heavy atom. The fourth-order valence-electron chi connectivity index (χ4n) is 2.16. The highest BCUT2D eigenvalue weighted by Gasteiger charge is 2.16. The topological polar surface area (TPSA) is 105 Å². The first-order valence-electron chi connectivity index (χ1n) is 7.94. The van der Waals surface area contributed by atoms with Gasteiger partial charge in [0.15, 0.2) is 5.82 Å². The molecule has 0 bridgehead atoms. The number of aromatic nitrogens is 1. The highest BCUT2D eigenvalue weighted by molar-refractivity contribution is 5.96. The van der Waals surface area contributed by atoms with E-state index in [2.05, 4.69) is 21.1 Å². The maximum absolute atomic E-state index is 12.2. The first-order chi connectivity index (χ1) is 11.9. The number of aryl methyl sites for hydroxylation is 1. The summed E-state index contributed by atoms with van der Waals surface area (Å²) < 4.78 is 9.80. The molecule has 0 saturated heterocycles. The van der Waals surface area contributed by atoms with Crippen molar-refractivity contribution < 1.29 is 18.8 Å². The molecule has 0 aliphatic heterocycles. The lowest BCUT2D eigenvalue weighted by molar-refractivity contribution is -0.116. The molecule has 1 heterocycles. The van der Waals surface area contributed by atoms with Gasteiger partial charge in [0.2, 0.25) is 5.91 Å². The molecule has 0 radical (unpaired) electrons. The van der Waals surface area contributed by atoms with Crippen LogP contribution in [-0.4, -0.2) is 29.8 Å². The van der Waals surface area contributed by atoms with Gasteiger partial charge in [0.25, 0.3) is 0 Å². The van der Waals surface area contributed by atoms with Crippen molar-refractivity contribution in [2.75, 3.05) is 22.6 Å². The van der Waals surface area contributed by atoms with Gasteiger partial charge in [-0.25, -0.2) is 4.79 Å². The second-order valence-electron chi connectivity index (χ2n) is 5.50. The van der Waals surface area contributed by atoms with Gasteiger partial charge in [-0.2, -0.15) is 0 Å². The molecule has 1 unspecified atom stereocenters. The van der Waals surface area contributed by atoms with E-state index in [-0.39, 0.29) is 5.91 Å². The fraction of sp³-hybridized carbons (Fsp3) is 0.353. The van der Waals surface area contributed by atoms with E-state index in [1.54, 1.807) is 39.0 Å². The molecule has 0 aliphatic rings. The van der Waals surface area contributed by atoms with Crippen molar-refractivity contribution in [2.24, 2.45) is 0 Å². The molecule has 134 valence electrons. The second kappa shape index (κ2) is 8.18. The summed E-state index contributed by atoms with van der Waals surface area (Å²) in [5, 5.41) is 12.2. The number of ether oxygens (including phenoxy) is 1. The smallest absolute Gasteiger partial charge is 0.411 e. The van der Waals surface area contributed by atoms with Gasteiger partial charge >= 0.3 is 6.09 Å². The Kier molecular flexibility index (Phi) is 5.99. The van der Waals surface area contributed by atoms with Crippen LogP contribution >= 0.6 is 0 Å². The maximum Gasteiger partial charge on any atom is 0.411 e. The van der Waals surface area contributed by atoms with E-state index >= 15 is 0 Å². The van der Waals surface area contributed by atoms with Gasteiger partial charge in [0, 0.05) is 17.4 Å². The molecule has 2 amide bonds. The number of hydrogen-bond donors (Lipinski definition) is 3. The molecule has 8 heteroatoms. The van der Waals surface area contributed by atoms with E-state index in [1.807, 2.05) is 13.0 Å². The average Bonchev–Trinajstić information content (AvgIpc) is 2.96. The predicted molar refractivity (Wildman–Crippen MR) is 94.8 cm³/mol. The Bertz CT molecular complexity index is 757. The zero-order valence-electron chi connectivity index (χ0n) is 14.7. The minimum atomic E-state index is -0.520. The number of anilines is 3. The summed E-state index contributed by atoms with van der Waals surface area (Å²) in [6.07, 6.45) is -0.519. The number of carbonyl (C=O) groups is 2. The summed E-state index contributed by atoms with van der Waals surface area (Å²) in [6, 6.07) is 6.49. The van der Waals surface area contributed by atoms with Crippen molar-refractivity contribution in [3.8, 4) is 0 Å². The first-order valence-corrected chi connectivity index (χ1v) is 7.94. The number of nitrogens with one attached hydrogen (secondary N) is 3. The Labute approximate surface area is 145 Å². The van der Waals surface area contributed by atoms with E-state index in [4.69, 9.17) is 9.26 Å². The maximum atomic E-state index is 12.2. The van der Waals surface area contributed by atoms with Crippen LogP contribution in [0.2, 0.25) is 0 Å². The van der Waals surface area contributed by atoms with Crippen LogP contribution in [-0.2, 0) is 9.53 Å². The number of amides is 2. The Hall–Kier alpha value is -3.03. The van der Waals surface area contributed by atoms with Crippen molar-refractivity contribution >= 4 is 29.2 Å². The van der Waals surface area contributed by atoms with Crippen molar-refractivity contribution in [2.45, 2.75) is 33.7 Å². The van der Waals surface area contributed by atoms with Gasteiger partial charge in [-0.05, 0) is 45.4 Å². The summed E-state index contributed by atoms with van der Waals surface area (Å²) in [5.74, 6) is 0.728. The van der Waals surface area contributed by atoms with Crippen LogP contribution in [0.3, 0.4) is 0 Å². The molecule has 3 N–H and O–H groups in total. The number of rotatable bonds is 6. The summed E-state index contributed by atoms with van der Waals surface area (Å²) in [6.45, 7) is 7.35. The number of nitrogens with zero attached hydrogens (tertiary/aromatic N) is 1. The molecule has 2 aromatic rings. The molecule has 1 atom stereocenters. The molecule has 1 aromatic carbocycles. The van der Waals surface area contributed by atoms with Crippen molar-refractivity contribution in [3.05, 3.63) is 35.6 Å². The number of benzene rings is 1. The molecule has 2 rings (SSSR count). The SMILES string of the molecule is CCOC(=O)Nc1cccc(NC(C)C(=O)Nc2cc(C)on2)c1C. The van der Waals surface area contributed by atoms with Gasteiger partial charge in [0.05, 0.1) is 6.61 Å². The van der Waals surface area contributed by atoms with Crippen LogP contribution in [0.5, 0.6) is 0 Å². The van der Waals surface area contributed by atoms with E-state index in [9.17, 15) is 9.59 Å². The van der Waals surface area contributed by atoms with Gasteiger partial charge in [0.1, 0.15) is 11.8 Å². The minimum Gasteiger partial charge on any atom is -0.450 e. The van der Waals surface area contributed by atoms with Crippen LogP contribution in [0.15, 0.2) is 28.8 Å². The molecule has 0 saturated carbocycles. The van der Waals surface area contributed by atoms with Crippen molar-refractivity contribution in [1.82, 2.24) is 5.16 Å². The van der Waals surface area contributed by atoms with Crippen molar-refractivity contribution in [1.29, 1.82) is 0 Å². The molecular formula is C17H22N4O4. The molecule has 0 spiro atoms. The third kappa shape index (κ3) is 4.97. The van der Waals surface area contributed by atoms with Crippen LogP contribution in [0, 0.1) is 13.8 Å². The first kappa shape index (κ1) is 18.3. The van der Waals surface area contributed by atoms with E-state index in [0.29, 0.717) is 23.9 Å². The lowest BCUT2D eigenvalue weighted by atomic mass is 10.1. The zero-order valence-corrected chi connectivity index (χ0v) is 14.7. The molecule has 0 fully saturated rings. The molecule has 8 nitrogen and oxygen atoms in total. The molecular weight excluding hydrogens is 324 g/mol. The molecule has 25 heavy (non-hydrogen) atoms. The lowest BCUT2D eigenvalue weighted by Crippen LogP contribution is -2.32. The van der Waals surface area contributed by atoms with Crippen LogP contribution in [0.25, 0.3) is 0 Å². The third-order valence-corrected chi connectivity index (χ3v) is 3.49. The second-order valence-corrected chi connectivity index (χ2v) is 5.50. The quantitative estimate of drug-likeness (QED) is 0.741. The van der Waals surface area contributed by atoms with Crippen LogP contribution in [0.4, 0.5) is 22.0 Å². The van der Waals surface area contributed by atoms with E-state index in [1.165, 1.54) is 0 Å². The normalized spacial score (nSPS) is 11.5. The third-order valence-electron chi connectivity index (χ3n) is 3.49. The van der Waals surface area contributed by atoms with Crippen molar-refractivity contribution in [3.63, 3.8) is 0 Å². The molecule has 0 aliphatic carbocycles. The Balaban J connectivity index is 2.03. The van der Waals surface area contributed by atoms with E-state index < -0.39 is 12.1 Å². The summed E-state index contributed by atoms with van der Waals surface area (Å²) in [4.78, 5) is 23.8. The fourth-order valence-corrected chi connectivity index (χ4v) is 2.16. The van der Waals surface area contributed by atoms with Gasteiger partial charge in [-0.3, -0.25) is 10.1 Å². The predicted octanol–water partition coefficient (Wildman–Crippen LogP) is 3.30. The Morgan fingerprint density at radius 1 is 1.24 bits per heavy atom. The standard InChI is InChI=1S/C17H22N4O4/c1-5-24-17(23)19-14-8-6-7-13(11(14)3)18-12(4)16(22)20-15-9-10(2)25-21-15/h6-9,12,18H,5H2,1-4H3,(H,19,23)(H,20,21,22). The highest BCUT2D eigenvalue weighted by Crippen LogP contribution is 2.24. The lowest BCUT2D eigenvalue weighted by Gasteiger charge is -2.18. The summed E-state index contributed by atoms with van der Waals surface area (Å²) in [5.41, 5.74) is 2.14. The summed E-state index contributed by atoms with van der Waals surface area (Å²) >= 11 is 0. The monoisotopic (exact) mass is 346 g/mol. The van der Waals surface area contributed by atoms with E-state index in [0.717, 1.165) is 11.3 Å². The van der Waals surface area contributed by atoms with Gasteiger partial charge < -0.3 is 19.9 Å². The largest absolute Gasteiger partial charge is 0.450 e. The number of carbonyl (C=O) groups excluding carboxylic acids is 2. The highest BCUT2D eigenvalue weighted by atomic mass is 16.5.